The molecular formula is C13H23NO3. The van der Waals surface area contributed by atoms with Crippen LogP contribution in [0.4, 0.5) is 4.79 Å². The first-order valence-electron chi connectivity index (χ1n) is 6.30. The molecule has 0 radical (unpaired) electrons. The van der Waals surface area contributed by atoms with Gasteiger partial charge in [0.1, 0.15) is 5.60 Å². The Kier molecular flexibility index (Phi) is 4.17. The zero-order valence-electron chi connectivity index (χ0n) is 11.4. The number of carbonyl (C=O) groups excluding carboxylic acids is 2. The molecule has 0 heterocycles. The van der Waals surface area contributed by atoms with Crippen LogP contribution in [0.1, 0.15) is 53.9 Å². The molecule has 4 heteroatoms. The van der Waals surface area contributed by atoms with Gasteiger partial charge in [-0.2, -0.15) is 0 Å². The quantitative estimate of drug-likeness (QED) is 0.760. The van der Waals surface area contributed by atoms with Gasteiger partial charge in [-0.15, -0.1) is 0 Å². The van der Waals surface area contributed by atoms with Gasteiger partial charge in [-0.05, 0) is 40.5 Å². The maximum atomic E-state index is 12.1. The van der Waals surface area contributed by atoms with Gasteiger partial charge in [-0.3, -0.25) is 9.69 Å². The minimum Gasteiger partial charge on any atom is -0.444 e. The first-order chi connectivity index (χ1) is 7.76. The lowest BCUT2D eigenvalue weighted by Crippen LogP contribution is -2.46. The van der Waals surface area contributed by atoms with E-state index in [0.717, 1.165) is 12.8 Å². The highest BCUT2D eigenvalue weighted by Gasteiger charge is 2.39. The molecule has 4 nitrogen and oxygen atoms in total. The van der Waals surface area contributed by atoms with Gasteiger partial charge >= 0.3 is 6.09 Å². The van der Waals surface area contributed by atoms with E-state index in [2.05, 4.69) is 0 Å². The standard InChI is InChI=1S/C13H23NO3/c1-6-11(15)9(2)14(10-7-8-10)12(16)17-13(3,4)5/h9-10H,6-8H2,1-5H3. The lowest BCUT2D eigenvalue weighted by atomic mass is 10.1. The van der Waals surface area contributed by atoms with Crippen LogP contribution in [0, 0.1) is 0 Å². The molecule has 1 aliphatic rings. The van der Waals surface area contributed by atoms with Gasteiger partial charge < -0.3 is 4.74 Å². The molecule has 0 saturated heterocycles. The van der Waals surface area contributed by atoms with Crippen LogP contribution in [0.15, 0.2) is 0 Å². The Morgan fingerprint density at radius 3 is 2.24 bits per heavy atom. The summed E-state index contributed by atoms with van der Waals surface area (Å²) < 4.78 is 5.35. The lowest BCUT2D eigenvalue weighted by molar-refractivity contribution is -0.123. The highest BCUT2D eigenvalue weighted by atomic mass is 16.6. The molecule has 0 spiro atoms. The SMILES string of the molecule is CCC(=O)C(C)N(C(=O)OC(C)(C)C)C1CC1. The van der Waals surface area contributed by atoms with Crippen LogP contribution >= 0.6 is 0 Å². The molecule has 0 aromatic carbocycles. The Hall–Kier alpha value is -1.06. The minimum atomic E-state index is -0.515. The van der Waals surface area contributed by atoms with E-state index in [4.69, 9.17) is 4.74 Å². The van der Waals surface area contributed by atoms with Crippen LogP contribution in [0.3, 0.4) is 0 Å². The average Bonchev–Trinajstić information content (AvgIpc) is 2.98. The fourth-order valence-corrected chi connectivity index (χ4v) is 1.74. The molecule has 1 unspecified atom stereocenters. The van der Waals surface area contributed by atoms with Gasteiger partial charge in [0, 0.05) is 12.5 Å². The molecule has 0 aromatic heterocycles. The summed E-state index contributed by atoms with van der Waals surface area (Å²) in [5.41, 5.74) is -0.515. The molecule has 1 amide bonds. The van der Waals surface area contributed by atoms with E-state index < -0.39 is 5.60 Å². The maximum absolute atomic E-state index is 12.1. The first kappa shape index (κ1) is 14.0. The summed E-state index contributed by atoms with van der Waals surface area (Å²) in [6, 6.07) is -0.183. The zero-order valence-corrected chi connectivity index (χ0v) is 11.4. The first-order valence-corrected chi connectivity index (χ1v) is 6.30. The number of ketones is 1. The van der Waals surface area contributed by atoms with Gasteiger partial charge in [0.15, 0.2) is 5.78 Å². The molecule has 98 valence electrons. The maximum Gasteiger partial charge on any atom is 0.411 e. The molecule has 1 fully saturated rings. The Labute approximate surface area is 103 Å². The van der Waals surface area contributed by atoms with Crippen molar-refractivity contribution in [2.24, 2.45) is 0 Å². The number of amides is 1. The Balaban J connectivity index is 2.72. The normalized spacial score (nSPS) is 17.5. The van der Waals surface area contributed by atoms with Crippen LogP contribution in [0.25, 0.3) is 0 Å². The van der Waals surface area contributed by atoms with Crippen LogP contribution in [0.2, 0.25) is 0 Å². The minimum absolute atomic E-state index is 0.0859. The second-order valence-electron chi connectivity index (χ2n) is 5.61. The largest absolute Gasteiger partial charge is 0.444 e. The van der Waals surface area contributed by atoms with Crippen molar-refractivity contribution in [3.05, 3.63) is 0 Å². The third-order valence-electron chi connectivity index (χ3n) is 2.78. The number of ether oxygens (including phenoxy) is 1. The Morgan fingerprint density at radius 2 is 1.88 bits per heavy atom. The second kappa shape index (κ2) is 5.07. The number of nitrogens with zero attached hydrogens (tertiary/aromatic N) is 1. The van der Waals surface area contributed by atoms with Crippen molar-refractivity contribution in [2.75, 3.05) is 0 Å². The van der Waals surface area contributed by atoms with E-state index in [1.807, 2.05) is 27.7 Å². The highest BCUT2D eigenvalue weighted by molar-refractivity contribution is 5.87. The number of rotatable bonds is 4. The molecule has 0 bridgehead atoms. The van der Waals surface area contributed by atoms with Crippen molar-refractivity contribution in [1.82, 2.24) is 4.90 Å². The summed E-state index contributed by atoms with van der Waals surface area (Å²) in [5.74, 6) is 0.0859. The molecule has 17 heavy (non-hydrogen) atoms. The Bertz CT molecular complexity index is 302. The van der Waals surface area contributed by atoms with Crippen LogP contribution in [0.5, 0.6) is 0 Å². The van der Waals surface area contributed by atoms with Crippen molar-refractivity contribution >= 4 is 11.9 Å². The van der Waals surface area contributed by atoms with Gasteiger partial charge in [0.05, 0.1) is 6.04 Å². The summed E-state index contributed by atoms with van der Waals surface area (Å²) in [6.07, 6.45) is 2.03. The van der Waals surface area contributed by atoms with Crippen molar-refractivity contribution in [1.29, 1.82) is 0 Å². The number of hydrogen-bond acceptors (Lipinski definition) is 3. The van der Waals surface area contributed by atoms with E-state index in [9.17, 15) is 9.59 Å². The molecule has 0 aliphatic heterocycles. The van der Waals surface area contributed by atoms with Gasteiger partial charge in [0.2, 0.25) is 0 Å². The van der Waals surface area contributed by atoms with Crippen LogP contribution < -0.4 is 0 Å². The fourth-order valence-electron chi connectivity index (χ4n) is 1.74. The number of hydrogen-bond donors (Lipinski definition) is 0. The van der Waals surface area contributed by atoms with E-state index in [1.54, 1.807) is 11.8 Å². The summed E-state index contributed by atoms with van der Waals surface area (Å²) in [6.45, 7) is 9.11. The summed E-state index contributed by atoms with van der Waals surface area (Å²) in [7, 11) is 0. The summed E-state index contributed by atoms with van der Waals surface area (Å²) in [4.78, 5) is 25.4. The monoisotopic (exact) mass is 241 g/mol. The van der Waals surface area contributed by atoms with E-state index >= 15 is 0 Å². The van der Waals surface area contributed by atoms with E-state index in [1.165, 1.54) is 0 Å². The third kappa shape index (κ3) is 4.02. The summed E-state index contributed by atoms with van der Waals surface area (Å²) >= 11 is 0. The molecule has 1 atom stereocenters. The lowest BCUT2D eigenvalue weighted by Gasteiger charge is -2.31. The zero-order chi connectivity index (χ0) is 13.2. The van der Waals surface area contributed by atoms with Crippen molar-refractivity contribution in [3.63, 3.8) is 0 Å². The predicted octanol–water partition coefficient (Wildman–Crippen LogP) is 2.75. The molecule has 0 aromatic rings. The topological polar surface area (TPSA) is 46.6 Å². The van der Waals surface area contributed by atoms with E-state index in [0.29, 0.717) is 6.42 Å². The van der Waals surface area contributed by atoms with Crippen molar-refractivity contribution in [3.8, 4) is 0 Å². The Morgan fingerprint density at radius 1 is 1.35 bits per heavy atom. The average molecular weight is 241 g/mol. The van der Waals surface area contributed by atoms with Gasteiger partial charge in [0.25, 0.3) is 0 Å². The second-order valence-corrected chi connectivity index (χ2v) is 5.61. The summed E-state index contributed by atoms with van der Waals surface area (Å²) in [5, 5.41) is 0. The molecule has 1 rings (SSSR count). The smallest absolute Gasteiger partial charge is 0.411 e. The fraction of sp³-hybridized carbons (Fsp3) is 0.846. The van der Waals surface area contributed by atoms with Gasteiger partial charge in [-0.25, -0.2) is 4.79 Å². The molecule has 1 aliphatic carbocycles. The van der Waals surface area contributed by atoms with Crippen LogP contribution in [-0.2, 0) is 9.53 Å². The molecule has 0 N–H and O–H groups in total. The molecule has 1 saturated carbocycles. The number of Topliss-reactive ketones (excluding diaryl/α,β-unsaturated/α-hetero) is 1. The number of carbonyl (C=O) groups is 2. The van der Waals surface area contributed by atoms with Crippen LogP contribution in [-0.4, -0.2) is 34.5 Å². The van der Waals surface area contributed by atoms with Crippen molar-refractivity contribution in [2.45, 2.75) is 71.6 Å². The van der Waals surface area contributed by atoms with Crippen molar-refractivity contribution < 1.29 is 14.3 Å². The van der Waals surface area contributed by atoms with Gasteiger partial charge in [-0.1, -0.05) is 6.92 Å². The highest BCUT2D eigenvalue weighted by Crippen LogP contribution is 2.30. The third-order valence-corrected chi connectivity index (χ3v) is 2.78. The molecular weight excluding hydrogens is 218 g/mol. The predicted molar refractivity (Wildman–Crippen MR) is 65.9 cm³/mol. The van der Waals surface area contributed by atoms with E-state index in [-0.39, 0.29) is 24.0 Å².